The predicted octanol–water partition coefficient (Wildman–Crippen LogP) is 1.91. The second-order valence-corrected chi connectivity index (χ2v) is 9.69. The van der Waals surface area contributed by atoms with E-state index < -0.39 is 9.84 Å². The predicted molar refractivity (Wildman–Crippen MR) is 101 cm³/mol. The molecule has 2 fully saturated rings. The van der Waals surface area contributed by atoms with Gasteiger partial charge in [-0.05, 0) is 12.8 Å². The van der Waals surface area contributed by atoms with Crippen molar-refractivity contribution >= 4 is 15.7 Å². The summed E-state index contributed by atoms with van der Waals surface area (Å²) in [4.78, 5) is 12.4. The molecule has 3 aromatic rings. The van der Waals surface area contributed by atoms with Gasteiger partial charge in [-0.2, -0.15) is 0 Å². The van der Waals surface area contributed by atoms with Gasteiger partial charge in [0.05, 0.1) is 17.4 Å². The van der Waals surface area contributed by atoms with Crippen LogP contribution in [0.25, 0.3) is 11.3 Å². The monoisotopic (exact) mass is 414 g/mol. The lowest BCUT2D eigenvalue weighted by Crippen LogP contribution is -2.43. The van der Waals surface area contributed by atoms with E-state index in [2.05, 4.69) is 20.7 Å². The van der Waals surface area contributed by atoms with Crippen LogP contribution in [0, 0.1) is 0 Å². The molecular weight excluding hydrogens is 396 g/mol. The van der Waals surface area contributed by atoms with Crippen LogP contribution in [-0.4, -0.2) is 47.2 Å². The van der Waals surface area contributed by atoms with Gasteiger partial charge >= 0.3 is 0 Å². The molecule has 29 heavy (non-hydrogen) atoms. The molecule has 3 heterocycles. The number of hydrogen-bond acceptors (Lipinski definition) is 8. The number of amides is 1. The molecule has 0 spiro atoms. The molecule has 5 rings (SSSR count). The minimum atomic E-state index is -2.94. The van der Waals surface area contributed by atoms with Crippen molar-refractivity contribution in [1.82, 2.24) is 20.7 Å². The van der Waals surface area contributed by atoms with Crippen molar-refractivity contribution < 1.29 is 22.2 Å². The summed E-state index contributed by atoms with van der Waals surface area (Å²) in [5.74, 6) is 0.751. The number of rotatable bonds is 5. The number of nitrogens with zero attached hydrogens (tertiary/aromatic N) is 3. The molecule has 1 aliphatic carbocycles. The fourth-order valence-electron chi connectivity index (χ4n) is 3.60. The van der Waals surface area contributed by atoms with Gasteiger partial charge in [0, 0.05) is 23.6 Å². The van der Waals surface area contributed by atoms with E-state index >= 15 is 0 Å². The molecule has 0 unspecified atom stereocenters. The van der Waals surface area contributed by atoms with E-state index in [-0.39, 0.29) is 41.1 Å². The molecule has 10 heteroatoms. The van der Waals surface area contributed by atoms with Crippen LogP contribution in [0.3, 0.4) is 0 Å². The van der Waals surface area contributed by atoms with Gasteiger partial charge in [0.1, 0.15) is 5.69 Å². The molecule has 2 aromatic heterocycles. The topological polar surface area (TPSA) is 128 Å². The van der Waals surface area contributed by atoms with E-state index in [4.69, 9.17) is 8.94 Å². The smallest absolute Gasteiger partial charge is 0.290 e. The van der Waals surface area contributed by atoms with Crippen molar-refractivity contribution in [3.63, 3.8) is 0 Å². The molecule has 1 amide bonds. The highest BCUT2D eigenvalue weighted by Gasteiger charge is 2.40. The van der Waals surface area contributed by atoms with Crippen molar-refractivity contribution in [2.24, 2.45) is 0 Å². The van der Waals surface area contributed by atoms with Crippen molar-refractivity contribution in [2.75, 3.05) is 11.5 Å². The first kappa shape index (κ1) is 18.0. The lowest BCUT2D eigenvalue weighted by molar-refractivity contribution is 0.0865. The Morgan fingerprint density at radius 1 is 1.03 bits per heavy atom. The Hall–Kier alpha value is -3.01. The van der Waals surface area contributed by atoms with E-state index in [1.54, 1.807) is 6.07 Å². The number of sulfone groups is 1. The molecule has 0 atom stereocenters. The third kappa shape index (κ3) is 3.55. The molecule has 150 valence electrons. The Morgan fingerprint density at radius 2 is 1.72 bits per heavy atom. The molecule has 1 N–H and O–H groups in total. The molecule has 1 aromatic carbocycles. The van der Waals surface area contributed by atoms with Gasteiger partial charge in [-0.15, -0.1) is 10.2 Å². The Bertz CT molecular complexity index is 1140. The van der Waals surface area contributed by atoms with E-state index in [1.807, 2.05) is 30.3 Å². The second-order valence-electron chi connectivity index (χ2n) is 7.53. The van der Waals surface area contributed by atoms with Crippen LogP contribution in [0.4, 0.5) is 0 Å². The minimum Gasteiger partial charge on any atom is -0.425 e. The van der Waals surface area contributed by atoms with Gasteiger partial charge < -0.3 is 14.3 Å². The maximum Gasteiger partial charge on any atom is 0.290 e. The molecule has 1 saturated heterocycles. The normalized spacial score (nSPS) is 23.2. The summed E-state index contributed by atoms with van der Waals surface area (Å²) in [6, 6.07) is 11.1. The Kier molecular flexibility index (Phi) is 4.23. The van der Waals surface area contributed by atoms with Crippen LogP contribution in [0.1, 0.15) is 47.0 Å². The highest BCUT2D eigenvalue weighted by Crippen LogP contribution is 2.38. The molecule has 9 nitrogen and oxygen atoms in total. The average Bonchev–Trinajstić information content (AvgIpc) is 3.32. The van der Waals surface area contributed by atoms with Crippen LogP contribution >= 0.6 is 0 Å². The minimum absolute atomic E-state index is 0.0165. The highest BCUT2D eigenvalue weighted by molar-refractivity contribution is 7.92. The zero-order chi connectivity index (χ0) is 20.0. The Morgan fingerprint density at radius 3 is 2.41 bits per heavy atom. The zero-order valence-corrected chi connectivity index (χ0v) is 16.1. The standard InChI is InChI=1S/C19H18N4O5S/c24-17(16-8-15(23-28-16)11-4-2-1-3-5-11)20-14-6-12(7-14)18-21-22-19(27-18)13-9-29(25,26)10-13/h1-5,8,12-14H,6-7,9-10H2,(H,20,24). The lowest BCUT2D eigenvalue weighted by Gasteiger charge is -2.33. The van der Waals surface area contributed by atoms with Crippen molar-refractivity contribution in [1.29, 1.82) is 0 Å². The second kappa shape index (κ2) is 6.80. The van der Waals surface area contributed by atoms with Gasteiger partial charge in [-0.3, -0.25) is 4.79 Å². The van der Waals surface area contributed by atoms with E-state index in [0.717, 1.165) is 5.56 Å². The maximum atomic E-state index is 12.4. The summed E-state index contributed by atoms with van der Waals surface area (Å²) in [6.45, 7) is 0. The SMILES string of the molecule is O=C(NC1CC(c2nnc(C3CS(=O)(=O)C3)o2)C1)c1cc(-c2ccccc2)no1. The number of benzene rings is 1. The van der Waals surface area contributed by atoms with Gasteiger partial charge in [0.2, 0.25) is 17.5 Å². The third-order valence-corrected chi connectivity index (χ3v) is 7.16. The highest BCUT2D eigenvalue weighted by atomic mass is 32.2. The summed E-state index contributed by atoms with van der Waals surface area (Å²) >= 11 is 0. The van der Waals surface area contributed by atoms with E-state index in [1.165, 1.54) is 0 Å². The Labute approximate surface area is 166 Å². The van der Waals surface area contributed by atoms with Gasteiger partial charge in [-0.1, -0.05) is 35.5 Å². The summed E-state index contributed by atoms with van der Waals surface area (Å²) in [6.07, 6.45) is 1.35. The Balaban J connectivity index is 1.15. The van der Waals surface area contributed by atoms with Gasteiger partial charge in [0.25, 0.3) is 5.91 Å². The third-order valence-electron chi connectivity index (χ3n) is 5.34. The number of nitrogens with one attached hydrogen (secondary N) is 1. The van der Waals surface area contributed by atoms with Crippen LogP contribution in [0.5, 0.6) is 0 Å². The summed E-state index contributed by atoms with van der Waals surface area (Å²) < 4.78 is 33.4. The quantitative estimate of drug-likeness (QED) is 0.670. The number of hydrogen-bond donors (Lipinski definition) is 1. The van der Waals surface area contributed by atoms with Crippen LogP contribution in [-0.2, 0) is 9.84 Å². The summed E-state index contributed by atoms with van der Waals surface area (Å²) in [7, 11) is -2.94. The van der Waals surface area contributed by atoms with Crippen LogP contribution in [0.15, 0.2) is 45.3 Å². The molecular formula is C19H18N4O5S. The first-order chi connectivity index (χ1) is 14.0. The average molecular weight is 414 g/mol. The molecule has 0 bridgehead atoms. The summed E-state index contributed by atoms with van der Waals surface area (Å²) in [5.41, 5.74) is 1.49. The van der Waals surface area contributed by atoms with Crippen LogP contribution < -0.4 is 5.32 Å². The van der Waals surface area contributed by atoms with Gasteiger partial charge in [-0.25, -0.2) is 8.42 Å². The zero-order valence-electron chi connectivity index (χ0n) is 15.3. The fourth-order valence-corrected chi connectivity index (χ4v) is 5.02. The molecule has 1 saturated carbocycles. The van der Waals surface area contributed by atoms with Crippen molar-refractivity contribution in [2.45, 2.75) is 30.7 Å². The largest absolute Gasteiger partial charge is 0.425 e. The van der Waals surface area contributed by atoms with Crippen molar-refractivity contribution in [3.05, 3.63) is 53.9 Å². The van der Waals surface area contributed by atoms with Crippen LogP contribution in [0.2, 0.25) is 0 Å². The lowest BCUT2D eigenvalue weighted by atomic mass is 9.80. The first-order valence-corrected chi connectivity index (χ1v) is 11.2. The fraction of sp³-hybridized carbons (Fsp3) is 0.368. The first-order valence-electron chi connectivity index (χ1n) is 9.33. The van der Waals surface area contributed by atoms with Gasteiger partial charge in [0.15, 0.2) is 9.84 Å². The summed E-state index contributed by atoms with van der Waals surface area (Å²) in [5, 5.41) is 14.9. The number of carbonyl (C=O) groups is 1. The number of aromatic nitrogens is 3. The molecule has 0 radical (unpaired) electrons. The number of carbonyl (C=O) groups excluding carboxylic acids is 1. The van der Waals surface area contributed by atoms with E-state index in [0.29, 0.717) is 30.3 Å². The molecule has 2 aliphatic rings. The van der Waals surface area contributed by atoms with Crippen molar-refractivity contribution in [3.8, 4) is 11.3 Å². The van der Waals surface area contributed by atoms with E-state index in [9.17, 15) is 13.2 Å². The maximum absolute atomic E-state index is 12.4. The molecule has 1 aliphatic heterocycles.